The number of ether oxygens (including phenoxy) is 3. The molecule has 1 fully saturated rings. The number of aryl methyl sites for hydroxylation is 1. The largest absolute Gasteiger partial charge is 0.493 e. The molecule has 1 N–H and O–H groups in total. The average molecular weight is 551 g/mol. The molecule has 0 unspecified atom stereocenters. The number of hydrogen-bond acceptors (Lipinski definition) is 6. The fourth-order valence-electron chi connectivity index (χ4n) is 6.45. The number of carbonyl (C=O) groups excluding carboxylic acids is 1. The van der Waals surface area contributed by atoms with Crippen LogP contribution < -0.4 is 14.2 Å². The van der Waals surface area contributed by atoms with Gasteiger partial charge in [0.1, 0.15) is 5.75 Å². The van der Waals surface area contributed by atoms with Crippen molar-refractivity contribution in [2.24, 2.45) is 5.92 Å². The molecule has 0 aromatic heterocycles. The standard InChI is InChI=1S/C32H42N2O6/c1-3-5-15-33(16-6-4-2)29(35)20-34-19-25(23-11-13-27-24(18-23)14-17-38-27)30(32(36)37)26(34)12-10-22-8-7-9-28-31(22)40-21-39-28/h7-9,11,13,18,25-26,30H,3-6,10,12,14-17,19-21H2,1-2H3,(H,36,37)/t25-,26+,30-/m1/s1. The number of hydrogen-bond donors (Lipinski definition) is 1. The Labute approximate surface area is 237 Å². The van der Waals surface area contributed by atoms with Gasteiger partial charge in [-0.15, -0.1) is 0 Å². The molecule has 2 aromatic rings. The van der Waals surface area contributed by atoms with E-state index in [1.165, 1.54) is 0 Å². The van der Waals surface area contributed by atoms with E-state index >= 15 is 0 Å². The Hall–Kier alpha value is -3.26. The zero-order chi connectivity index (χ0) is 28.1. The minimum Gasteiger partial charge on any atom is -0.493 e. The molecule has 40 heavy (non-hydrogen) atoms. The topological polar surface area (TPSA) is 88.5 Å². The highest BCUT2D eigenvalue weighted by molar-refractivity contribution is 5.79. The van der Waals surface area contributed by atoms with Gasteiger partial charge in [-0.3, -0.25) is 14.5 Å². The Kier molecular flexibility index (Phi) is 9.15. The maximum Gasteiger partial charge on any atom is 0.308 e. The van der Waals surface area contributed by atoms with Crippen molar-refractivity contribution in [3.05, 3.63) is 53.1 Å². The lowest BCUT2D eigenvalue weighted by Gasteiger charge is -2.30. The van der Waals surface area contributed by atoms with E-state index in [1.54, 1.807) is 0 Å². The van der Waals surface area contributed by atoms with Gasteiger partial charge in [-0.25, -0.2) is 0 Å². The summed E-state index contributed by atoms with van der Waals surface area (Å²) in [6, 6.07) is 11.7. The number of likely N-dealkylation sites (tertiary alicyclic amines) is 1. The molecular weight excluding hydrogens is 508 g/mol. The van der Waals surface area contributed by atoms with Gasteiger partial charge in [-0.2, -0.15) is 0 Å². The molecule has 5 rings (SSSR count). The van der Waals surface area contributed by atoms with E-state index in [4.69, 9.17) is 14.2 Å². The lowest BCUT2D eigenvalue weighted by molar-refractivity contribution is -0.143. The molecule has 216 valence electrons. The second kappa shape index (κ2) is 12.9. The molecule has 3 atom stereocenters. The lowest BCUT2D eigenvalue weighted by atomic mass is 9.83. The molecule has 0 bridgehead atoms. The molecule has 0 aliphatic carbocycles. The van der Waals surface area contributed by atoms with Gasteiger partial charge in [0.2, 0.25) is 12.7 Å². The van der Waals surface area contributed by atoms with Crippen molar-refractivity contribution < 1.29 is 28.9 Å². The number of para-hydroxylation sites is 1. The lowest BCUT2D eigenvalue weighted by Crippen LogP contribution is -2.44. The van der Waals surface area contributed by atoms with Crippen LogP contribution in [0.2, 0.25) is 0 Å². The molecule has 0 saturated carbocycles. The average Bonchev–Trinajstić information content (AvgIpc) is 3.70. The summed E-state index contributed by atoms with van der Waals surface area (Å²) in [5, 5.41) is 10.6. The number of fused-ring (bicyclic) bond motifs is 2. The van der Waals surface area contributed by atoms with E-state index in [1.807, 2.05) is 35.2 Å². The monoisotopic (exact) mass is 550 g/mol. The van der Waals surface area contributed by atoms with Crippen molar-refractivity contribution in [2.45, 2.75) is 70.8 Å². The third-order valence-electron chi connectivity index (χ3n) is 8.62. The van der Waals surface area contributed by atoms with Gasteiger partial charge in [0.25, 0.3) is 0 Å². The Bertz CT molecular complexity index is 1190. The third kappa shape index (κ3) is 6.07. The Morgan fingerprint density at radius 2 is 1.82 bits per heavy atom. The molecule has 0 radical (unpaired) electrons. The second-order valence-corrected chi connectivity index (χ2v) is 11.2. The van der Waals surface area contributed by atoms with Crippen LogP contribution in [0.15, 0.2) is 36.4 Å². The van der Waals surface area contributed by atoms with E-state index < -0.39 is 11.9 Å². The van der Waals surface area contributed by atoms with Crippen molar-refractivity contribution >= 4 is 11.9 Å². The molecule has 3 aliphatic heterocycles. The minimum atomic E-state index is -0.812. The highest BCUT2D eigenvalue weighted by atomic mass is 16.7. The molecule has 0 spiro atoms. The number of rotatable bonds is 13. The van der Waals surface area contributed by atoms with Crippen molar-refractivity contribution in [2.75, 3.05) is 39.6 Å². The van der Waals surface area contributed by atoms with Crippen LogP contribution in [0, 0.1) is 5.92 Å². The van der Waals surface area contributed by atoms with Crippen LogP contribution >= 0.6 is 0 Å². The summed E-state index contributed by atoms with van der Waals surface area (Å²) in [4.78, 5) is 30.6. The minimum absolute atomic E-state index is 0.0939. The zero-order valence-corrected chi connectivity index (χ0v) is 23.8. The number of aliphatic carboxylic acids is 1. The molecule has 8 nitrogen and oxygen atoms in total. The molecule has 1 amide bonds. The molecule has 3 aliphatic rings. The van der Waals surface area contributed by atoms with E-state index in [-0.39, 0.29) is 31.2 Å². The van der Waals surface area contributed by atoms with Crippen molar-refractivity contribution in [3.8, 4) is 17.2 Å². The van der Waals surface area contributed by atoms with Gasteiger partial charge in [-0.05, 0) is 54.5 Å². The molecular formula is C32H42N2O6. The summed E-state index contributed by atoms with van der Waals surface area (Å²) in [5.74, 6) is 0.815. The Balaban J connectivity index is 1.41. The van der Waals surface area contributed by atoms with Crippen LogP contribution in [0.3, 0.4) is 0 Å². The summed E-state index contributed by atoms with van der Waals surface area (Å²) < 4.78 is 17.0. The predicted octanol–water partition coefficient (Wildman–Crippen LogP) is 4.88. The second-order valence-electron chi connectivity index (χ2n) is 11.2. The normalized spacial score (nSPS) is 21.3. The predicted molar refractivity (Wildman–Crippen MR) is 152 cm³/mol. The Morgan fingerprint density at radius 1 is 1.02 bits per heavy atom. The van der Waals surface area contributed by atoms with Crippen molar-refractivity contribution in [1.29, 1.82) is 0 Å². The van der Waals surface area contributed by atoms with Gasteiger partial charge < -0.3 is 24.2 Å². The van der Waals surface area contributed by atoms with Gasteiger partial charge in [0.05, 0.1) is 19.1 Å². The van der Waals surface area contributed by atoms with Crippen LogP contribution in [0.1, 0.15) is 68.6 Å². The maximum atomic E-state index is 13.6. The quantitative estimate of drug-likeness (QED) is 0.380. The van der Waals surface area contributed by atoms with Crippen LogP contribution in [0.25, 0.3) is 0 Å². The number of carbonyl (C=O) groups is 2. The molecule has 1 saturated heterocycles. The Morgan fingerprint density at radius 3 is 2.58 bits per heavy atom. The molecule has 3 heterocycles. The number of carboxylic acid groups (broad SMARTS) is 1. The van der Waals surface area contributed by atoms with Crippen LogP contribution in [0.5, 0.6) is 17.2 Å². The maximum absolute atomic E-state index is 13.6. The number of nitrogens with zero attached hydrogens (tertiary/aromatic N) is 2. The van der Waals surface area contributed by atoms with Gasteiger partial charge in [0, 0.05) is 38.0 Å². The first kappa shape index (κ1) is 28.3. The summed E-state index contributed by atoms with van der Waals surface area (Å²) in [5.41, 5.74) is 3.16. The van der Waals surface area contributed by atoms with E-state index in [2.05, 4.69) is 24.8 Å². The first-order valence-electron chi connectivity index (χ1n) is 14.9. The number of unbranched alkanes of at least 4 members (excludes halogenated alkanes) is 2. The van der Waals surface area contributed by atoms with Crippen molar-refractivity contribution in [1.82, 2.24) is 9.80 Å². The van der Waals surface area contributed by atoms with Crippen LogP contribution in [-0.2, 0) is 22.4 Å². The molecule has 8 heteroatoms. The highest BCUT2D eigenvalue weighted by Gasteiger charge is 2.47. The summed E-state index contributed by atoms with van der Waals surface area (Å²) >= 11 is 0. The van der Waals surface area contributed by atoms with E-state index in [0.717, 1.165) is 79.1 Å². The zero-order valence-electron chi connectivity index (χ0n) is 23.8. The van der Waals surface area contributed by atoms with Gasteiger partial charge in [-0.1, -0.05) is 51.0 Å². The smallest absolute Gasteiger partial charge is 0.308 e. The van der Waals surface area contributed by atoms with Crippen LogP contribution in [-0.4, -0.2) is 72.4 Å². The fourth-order valence-corrected chi connectivity index (χ4v) is 6.45. The number of amides is 1. The summed E-state index contributed by atoms with van der Waals surface area (Å²) in [6.07, 6.45) is 6.09. The van der Waals surface area contributed by atoms with E-state index in [9.17, 15) is 14.7 Å². The third-order valence-corrected chi connectivity index (χ3v) is 8.62. The first-order valence-corrected chi connectivity index (χ1v) is 14.9. The van der Waals surface area contributed by atoms with E-state index in [0.29, 0.717) is 26.0 Å². The number of benzene rings is 2. The summed E-state index contributed by atoms with van der Waals surface area (Å²) in [7, 11) is 0. The number of carboxylic acids is 1. The SMILES string of the molecule is CCCCN(CCCC)C(=O)CN1C[C@H](c2ccc3c(c2)CCO3)[C@@H](C(=O)O)[C@@H]1CCc1cccc2c1OCO2. The van der Waals surface area contributed by atoms with Gasteiger partial charge >= 0.3 is 5.97 Å². The summed E-state index contributed by atoms with van der Waals surface area (Å²) in [6.45, 7) is 7.40. The van der Waals surface area contributed by atoms with Crippen molar-refractivity contribution in [3.63, 3.8) is 0 Å². The highest BCUT2D eigenvalue weighted by Crippen LogP contribution is 2.42. The molecule has 2 aromatic carbocycles. The first-order chi connectivity index (χ1) is 19.5. The fraction of sp³-hybridized carbons (Fsp3) is 0.562. The van der Waals surface area contributed by atoms with Gasteiger partial charge in [0.15, 0.2) is 11.5 Å². The van der Waals surface area contributed by atoms with Crippen LogP contribution in [0.4, 0.5) is 0 Å².